The summed E-state index contributed by atoms with van der Waals surface area (Å²) in [6, 6.07) is 0. The lowest BCUT2D eigenvalue weighted by Crippen LogP contribution is -2.45. The van der Waals surface area contributed by atoms with E-state index in [4.69, 9.17) is 0 Å². The molecule has 0 bridgehead atoms. The summed E-state index contributed by atoms with van der Waals surface area (Å²) in [5, 5.41) is 0. The van der Waals surface area contributed by atoms with Gasteiger partial charge in [0.15, 0.2) is 19.8 Å². The van der Waals surface area contributed by atoms with Crippen molar-refractivity contribution in [3.63, 3.8) is 0 Å². The largest absolute Gasteiger partial charge is 0.478 e. The zero-order valence-corrected chi connectivity index (χ0v) is 27.8. The fourth-order valence-electron chi connectivity index (χ4n) is 2.74. The second kappa shape index (κ2) is 16.9. The van der Waals surface area contributed by atoms with Gasteiger partial charge < -0.3 is 28.0 Å². The third-order valence-corrected chi connectivity index (χ3v) is 8.59. The number of hydrogen-bond donors (Lipinski definition) is 0. The van der Waals surface area contributed by atoms with Crippen LogP contribution < -0.4 is 0 Å². The molecule has 1 aliphatic heterocycles. The van der Waals surface area contributed by atoms with Crippen molar-refractivity contribution < 1.29 is 160 Å². The lowest BCUT2D eigenvalue weighted by Gasteiger charge is -2.36. The van der Waals surface area contributed by atoms with Crippen LogP contribution in [-0.4, -0.2) is 124 Å². The van der Waals surface area contributed by atoms with E-state index in [-0.39, 0.29) is 0 Å². The molecule has 0 unspecified atom stereocenters. The van der Waals surface area contributed by atoms with Gasteiger partial charge >= 0.3 is 72.6 Å². The molecule has 0 aromatic rings. The molecule has 1 aliphatic rings. The second-order valence-electron chi connectivity index (χ2n) is 10.8. The van der Waals surface area contributed by atoms with E-state index in [0.29, 0.717) is 0 Å². The standard InChI is InChI=1S/C22H12F30NO6P/c23-11(24,17(35,36)37)1-54-7-8(55-2-12(25,26)18(38,39)40)53-10(57-4-14(29,30)20(44,45)46)60(58-5-15(31,32)21(47,48)49,59-6-16(33,34)22(50,51)52)9(7)56-3-13(27,28)19(41,42)43/h1-6H2. The predicted molar refractivity (Wildman–Crippen MR) is 128 cm³/mol. The highest BCUT2D eigenvalue weighted by Gasteiger charge is 2.65. The molecule has 1 rings (SSSR count). The molecule has 0 amide bonds. The van der Waals surface area contributed by atoms with E-state index in [2.05, 4.69) is 33.0 Å². The fourth-order valence-corrected chi connectivity index (χ4v) is 5.25. The van der Waals surface area contributed by atoms with E-state index in [1.54, 1.807) is 0 Å². The second-order valence-corrected chi connectivity index (χ2v) is 13.2. The van der Waals surface area contributed by atoms with Gasteiger partial charge in [-0.2, -0.15) is 137 Å². The van der Waals surface area contributed by atoms with E-state index in [1.165, 1.54) is 0 Å². The molecule has 0 aromatic carbocycles. The molecular formula is C22H12F30NO6P. The van der Waals surface area contributed by atoms with E-state index < -0.39 is 142 Å². The smallest absolute Gasteiger partial charge is 0.456 e. The Hall–Kier alpha value is -3.11. The molecule has 60 heavy (non-hydrogen) atoms. The van der Waals surface area contributed by atoms with Gasteiger partial charge in [-0.05, 0) is 0 Å². The van der Waals surface area contributed by atoms with Gasteiger partial charge in [-0.25, -0.2) is 0 Å². The minimum absolute atomic E-state index is 2.05. The quantitative estimate of drug-likeness (QED) is 0.107. The van der Waals surface area contributed by atoms with Crippen LogP contribution in [0.4, 0.5) is 132 Å². The molecule has 1 heterocycles. The Bertz CT molecular complexity index is 1580. The van der Waals surface area contributed by atoms with Crippen molar-refractivity contribution in [2.75, 3.05) is 39.6 Å². The van der Waals surface area contributed by atoms with E-state index in [9.17, 15) is 132 Å². The topological polar surface area (TPSA) is 67.7 Å². The first-order chi connectivity index (χ1) is 26.0. The van der Waals surface area contributed by atoms with E-state index >= 15 is 0 Å². The predicted octanol–water partition coefficient (Wildman–Crippen LogP) is 10.8. The molecule has 0 aromatic heterocycles. The van der Waals surface area contributed by atoms with Crippen molar-refractivity contribution in [3.8, 4) is 0 Å². The SMILES string of the molecule is FC(F)(F)C(F)(F)COC1=NC(OCC(F)(F)C(F)(F)F)=P(OCC(F)(F)C(F)(F)F)(OCC(F)(F)C(F)(F)F)C(OCC(F)(F)C(F)(F)F)=C1OCC(F)(F)C(F)(F)F. The van der Waals surface area contributed by atoms with Gasteiger partial charge in [-0.3, -0.25) is 0 Å². The summed E-state index contributed by atoms with van der Waals surface area (Å²) < 4.78 is 421. The summed E-state index contributed by atoms with van der Waals surface area (Å²) in [4.78, 5) is 2.05. The molecule has 0 fully saturated rings. The number of aliphatic imine (C=N–C) groups is 1. The number of ether oxygens (including phenoxy) is 4. The summed E-state index contributed by atoms with van der Waals surface area (Å²) >= 11 is 0. The Labute approximate surface area is 308 Å². The third-order valence-electron chi connectivity index (χ3n) is 6.01. The summed E-state index contributed by atoms with van der Waals surface area (Å²) in [6.45, 7) is -23.3. The van der Waals surface area contributed by atoms with Crippen molar-refractivity contribution in [1.29, 1.82) is 0 Å². The molecule has 0 atom stereocenters. The molecule has 0 spiro atoms. The van der Waals surface area contributed by atoms with Crippen molar-refractivity contribution in [2.24, 2.45) is 4.99 Å². The summed E-state index contributed by atoms with van der Waals surface area (Å²) in [5.74, 6) is -46.9. The van der Waals surface area contributed by atoms with Crippen molar-refractivity contribution in [1.82, 2.24) is 0 Å². The van der Waals surface area contributed by atoms with Gasteiger partial charge in [0, 0.05) is 0 Å². The third kappa shape index (κ3) is 12.5. The molecule has 0 aliphatic carbocycles. The maximum Gasteiger partial charge on any atom is 0.456 e. The first kappa shape index (κ1) is 54.9. The van der Waals surface area contributed by atoms with E-state index in [1.807, 2.05) is 0 Å². The highest BCUT2D eigenvalue weighted by Crippen LogP contribution is 2.65. The normalized spacial score (nSPS) is 17.6. The maximum absolute atomic E-state index is 14.0. The average Bonchev–Trinajstić information content (AvgIpc) is 3.00. The average molecular weight is 987 g/mol. The Morgan fingerprint density at radius 3 is 0.867 bits per heavy atom. The minimum Gasteiger partial charge on any atom is -0.478 e. The first-order valence-corrected chi connectivity index (χ1v) is 15.2. The van der Waals surface area contributed by atoms with Gasteiger partial charge in [0.05, 0.1) is 0 Å². The lowest BCUT2D eigenvalue weighted by atomic mass is 10.3. The van der Waals surface area contributed by atoms with Crippen LogP contribution in [0.3, 0.4) is 0 Å². The highest BCUT2D eigenvalue weighted by atomic mass is 31.2. The molecule has 356 valence electrons. The van der Waals surface area contributed by atoms with Crippen LogP contribution >= 0.6 is 7.34 Å². The van der Waals surface area contributed by atoms with Crippen LogP contribution in [0.25, 0.3) is 0 Å². The van der Waals surface area contributed by atoms with Gasteiger partial charge in [-0.15, -0.1) is 0 Å². The molecule has 0 N–H and O–H groups in total. The summed E-state index contributed by atoms with van der Waals surface area (Å²) in [5.41, 5.74) is -7.10. The van der Waals surface area contributed by atoms with Gasteiger partial charge in [0.2, 0.25) is 24.2 Å². The van der Waals surface area contributed by atoms with Crippen molar-refractivity contribution in [3.05, 3.63) is 11.3 Å². The minimum atomic E-state index is -7.87. The number of nitrogens with zero attached hydrogens (tertiary/aromatic N) is 1. The van der Waals surface area contributed by atoms with Crippen LogP contribution in [0.1, 0.15) is 0 Å². The van der Waals surface area contributed by atoms with Crippen LogP contribution in [0.2, 0.25) is 0 Å². The summed E-state index contributed by atoms with van der Waals surface area (Å²) in [6.07, 6.45) is -42.8. The van der Waals surface area contributed by atoms with Gasteiger partial charge in [0.1, 0.15) is 19.8 Å². The monoisotopic (exact) mass is 987 g/mol. The van der Waals surface area contributed by atoms with Crippen LogP contribution in [-0.2, 0) is 28.0 Å². The number of rotatable bonds is 17. The first-order valence-electron chi connectivity index (χ1n) is 13.6. The maximum atomic E-state index is 14.0. The van der Waals surface area contributed by atoms with Crippen molar-refractivity contribution >= 4 is 18.8 Å². The Balaban J connectivity index is 4.82. The zero-order valence-electron chi connectivity index (χ0n) is 26.9. The number of halogens is 30. The Kier molecular flexibility index (Phi) is 15.4. The highest BCUT2D eigenvalue weighted by molar-refractivity contribution is 7.71. The fraction of sp³-hybridized carbons (Fsp3) is 0.818. The summed E-state index contributed by atoms with van der Waals surface area (Å²) in [7, 11) is -7.87. The van der Waals surface area contributed by atoms with Crippen LogP contribution in [0.5, 0.6) is 0 Å². The zero-order chi connectivity index (χ0) is 48.0. The molecular weight excluding hydrogens is 975 g/mol. The molecule has 0 radical (unpaired) electrons. The van der Waals surface area contributed by atoms with E-state index in [0.717, 1.165) is 0 Å². The molecule has 0 saturated heterocycles. The van der Waals surface area contributed by atoms with Crippen molar-refractivity contribution in [2.45, 2.75) is 72.6 Å². The van der Waals surface area contributed by atoms with Crippen LogP contribution in [0.15, 0.2) is 16.3 Å². The van der Waals surface area contributed by atoms with Gasteiger partial charge in [-0.1, -0.05) is 0 Å². The van der Waals surface area contributed by atoms with Crippen LogP contribution in [0, 0.1) is 0 Å². The Morgan fingerprint density at radius 1 is 0.317 bits per heavy atom. The van der Waals surface area contributed by atoms with Gasteiger partial charge in [0.25, 0.3) is 5.90 Å². The molecule has 38 heteroatoms. The number of alkyl halides is 30. The lowest BCUT2D eigenvalue weighted by molar-refractivity contribution is -0.297. The number of hydrogen-bond acceptors (Lipinski definition) is 7. The Morgan fingerprint density at radius 2 is 0.567 bits per heavy atom. The molecule has 7 nitrogen and oxygen atoms in total. The molecule has 0 saturated carbocycles.